The van der Waals surface area contributed by atoms with Gasteiger partial charge in [0.2, 0.25) is 5.78 Å². The Hall–Kier alpha value is -1.91. The van der Waals surface area contributed by atoms with Crippen LogP contribution in [0.3, 0.4) is 0 Å². The molecule has 1 atom stereocenters. The molecule has 1 aliphatic carbocycles. The topological polar surface area (TPSA) is 52.6 Å². The Balaban J connectivity index is 2.45. The lowest BCUT2D eigenvalue weighted by Gasteiger charge is -2.13. The van der Waals surface area contributed by atoms with E-state index in [4.69, 9.17) is 4.74 Å². The van der Waals surface area contributed by atoms with Crippen LogP contribution in [0.1, 0.15) is 15.9 Å². The van der Waals surface area contributed by atoms with E-state index in [0.29, 0.717) is 11.3 Å². The summed E-state index contributed by atoms with van der Waals surface area (Å²) in [5.41, 5.74) is -1.93. The smallest absolute Gasteiger partial charge is 0.352 e. The zero-order valence-corrected chi connectivity index (χ0v) is 9.45. The average molecular weight is 238 g/mol. The minimum atomic E-state index is -2.59. The lowest BCUT2D eigenvalue weighted by Crippen LogP contribution is -2.40. The number of hydrogen-bond donors (Lipinski definition) is 0. The third-order valence-electron chi connectivity index (χ3n) is 2.86. The normalized spacial score (nSPS) is 22.2. The van der Waals surface area contributed by atoms with Crippen molar-refractivity contribution in [1.82, 2.24) is 0 Å². The fourth-order valence-electron chi connectivity index (χ4n) is 1.95. The molecule has 0 spiro atoms. The van der Waals surface area contributed by atoms with Crippen LogP contribution in [0, 0.1) is 0 Å². The van der Waals surface area contributed by atoms with Crippen molar-refractivity contribution in [3.63, 3.8) is 0 Å². The molecule has 0 bridgehead atoms. The SMILES string of the molecule is COC(=O)[C@]1(F)Cc2cc(OC)ccc2C1=O. The lowest BCUT2D eigenvalue weighted by molar-refractivity contribution is -0.150. The maximum Gasteiger partial charge on any atom is 0.352 e. The standard InChI is InChI=1S/C12H11FO4/c1-16-8-3-4-9-7(5-8)6-12(13,10(9)14)11(15)17-2/h3-5H,6H2,1-2H3/t12-/m0/s1. The maximum absolute atomic E-state index is 14.3. The Kier molecular flexibility index (Phi) is 2.61. The molecule has 90 valence electrons. The van der Waals surface area contributed by atoms with E-state index in [1.54, 1.807) is 12.1 Å². The van der Waals surface area contributed by atoms with Crippen molar-refractivity contribution < 1.29 is 23.5 Å². The predicted octanol–water partition coefficient (Wildman–Crippen LogP) is 1.32. The van der Waals surface area contributed by atoms with Gasteiger partial charge in [-0.2, -0.15) is 0 Å². The van der Waals surface area contributed by atoms with Gasteiger partial charge in [-0.3, -0.25) is 4.79 Å². The summed E-state index contributed by atoms with van der Waals surface area (Å²) in [6.45, 7) is 0. The number of ether oxygens (including phenoxy) is 2. The second-order valence-electron chi connectivity index (χ2n) is 3.82. The molecule has 0 saturated carbocycles. The van der Waals surface area contributed by atoms with Crippen LogP contribution < -0.4 is 4.74 Å². The van der Waals surface area contributed by atoms with Gasteiger partial charge in [0.05, 0.1) is 14.2 Å². The first kappa shape index (κ1) is 11.6. The number of Topliss-reactive ketones (excluding diaryl/α,β-unsaturated/α-hetero) is 1. The summed E-state index contributed by atoms with van der Waals surface area (Å²) in [6, 6.07) is 4.57. The number of esters is 1. The van der Waals surface area contributed by atoms with Gasteiger partial charge in [0.25, 0.3) is 5.67 Å². The molecule has 0 unspecified atom stereocenters. The summed E-state index contributed by atoms with van der Waals surface area (Å²) in [5, 5.41) is 0. The van der Waals surface area contributed by atoms with Crippen LogP contribution in [-0.2, 0) is 16.0 Å². The van der Waals surface area contributed by atoms with Crippen molar-refractivity contribution in [3.8, 4) is 5.75 Å². The molecule has 5 heteroatoms. The number of alkyl halides is 1. The molecule has 2 rings (SSSR count). The van der Waals surface area contributed by atoms with E-state index in [9.17, 15) is 14.0 Å². The summed E-state index contributed by atoms with van der Waals surface area (Å²) in [4.78, 5) is 23.1. The van der Waals surface area contributed by atoms with Gasteiger partial charge in [0, 0.05) is 12.0 Å². The van der Waals surface area contributed by atoms with Crippen molar-refractivity contribution in [2.75, 3.05) is 14.2 Å². The molecule has 0 saturated heterocycles. The number of halogens is 1. The molecule has 0 radical (unpaired) electrons. The molecule has 1 aromatic carbocycles. The Morgan fingerprint density at radius 1 is 1.41 bits per heavy atom. The fraction of sp³-hybridized carbons (Fsp3) is 0.333. The highest BCUT2D eigenvalue weighted by molar-refractivity contribution is 6.18. The maximum atomic E-state index is 14.3. The van der Waals surface area contributed by atoms with E-state index in [1.165, 1.54) is 13.2 Å². The molecular weight excluding hydrogens is 227 g/mol. The summed E-state index contributed by atoms with van der Waals surface area (Å²) in [7, 11) is 2.53. The monoisotopic (exact) mass is 238 g/mol. The molecule has 0 N–H and O–H groups in total. The number of methoxy groups -OCH3 is 2. The molecule has 0 aromatic heterocycles. The van der Waals surface area contributed by atoms with Gasteiger partial charge >= 0.3 is 5.97 Å². The van der Waals surface area contributed by atoms with Crippen LogP contribution in [0.5, 0.6) is 5.75 Å². The number of benzene rings is 1. The van der Waals surface area contributed by atoms with Crippen LogP contribution in [0.15, 0.2) is 18.2 Å². The van der Waals surface area contributed by atoms with Crippen molar-refractivity contribution in [2.24, 2.45) is 0 Å². The Labute approximate surface area is 97.3 Å². The van der Waals surface area contributed by atoms with Crippen LogP contribution in [-0.4, -0.2) is 31.6 Å². The molecule has 17 heavy (non-hydrogen) atoms. The molecule has 1 aromatic rings. The Morgan fingerprint density at radius 3 is 2.71 bits per heavy atom. The van der Waals surface area contributed by atoms with Crippen molar-refractivity contribution in [3.05, 3.63) is 29.3 Å². The van der Waals surface area contributed by atoms with E-state index in [0.717, 1.165) is 7.11 Å². The van der Waals surface area contributed by atoms with Gasteiger partial charge in [0.1, 0.15) is 5.75 Å². The lowest BCUT2D eigenvalue weighted by atomic mass is 10.0. The summed E-state index contributed by atoms with van der Waals surface area (Å²) >= 11 is 0. The third kappa shape index (κ3) is 1.58. The van der Waals surface area contributed by atoms with E-state index in [2.05, 4.69) is 4.74 Å². The van der Waals surface area contributed by atoms with E-state index in [1.807, 2.05) is 0 Å². The highest BCUT2D eigenvalue weighted by atomic mass is 19.1. The summed E-state index contributed by atoms with van der Waals surface area (Å²) in [6.07, 6.45) is -0.301. The number of carbonyl (C=O) groups excluding carboxylic acids is 2. The van der Waals surface area contributed by atoms with E-state index in [-0.39, 0.29) is 12.0 Å². The second kappa shape index (κ2) is 3.84. The number of carbonyl (C=O) groups is 2. The molecule has 0 heterocycles. The second-order valence-corrected chi connectivity index (χ2v) is 3.82. The largest absolute Gasteiger partial charge is 0.497 e. The van der Waals surface area contributed by atoms with Gasteiger partial charge in [-0.05, 0) is 23.8 Å². The fourth-order valence-corrected chi connectivity index (χ4v) is 1.95. The zero-order chi connectivity index (χ0) is 12.6. The van der Waals surface area contributed by atoms with Gasteiger partial charge in [0.15, 0.2) is 0 Å². The zero-order valence-electron chi connectivity index (χ0n) is 9.45. The first-order chi connectivity index (χ1) is 8.02. The molecule has 0 fully saturated rings. The summed E-state index contributed by atoms with van der Waals surface area (Å²) in [5.74, 6) is -1.48. The summed E-state index contributed by atoms with van der Waals surface area (Å²) < 4.78 is 23.6. The highest BCUT2D eigenvalue weighted by Crippen LogP contribution is 2.35. The molecule has 0 aliphatic heterocycles. The molecule has 1 aliphatic rings. The molecular formula is C12H11FO4. The first-order valence-electron chi connectivity index (χ1n) is 5.02. The van der Waals surface area contributed by atoms with Crippen LogP contribution in [0.25, 0.3) is 0 Å². The predicted molar refractivity (Wildman–Crippen MR) is 56.9 cm³/mol. The third-order valence-corrected chi connectivity index (χ3v) is 2.86. The Bertz CT molecular complexity index is 497. The van der Waals surface area contributed by atoms with Gasteiger partial charge in [-0.1, -0.05) is 0 Å². The Morgan fingerprint density at radius 2 is 2.12 bits per heavy atom. The van der Waals surface area contributed by atoms with Crippen LogP contribution in [0.4, 0.5) is 4.39 Å². The minimum Gasteiger partial charge on any atom is -0.497 e. The van der Waals surface area contributed by atoms with Crippen LogP contribution >= 0.6 is 0 Å². The van der Waals surface area contributed by atoms with Crippen molar-refractivity contribution >= 4 is 11.8 Å². The van der Waals surface area contributed by atoms with Gasteiger partial charge in [-0.25, -0.2) is 9.18 Å². The molecule has 4 nitrogen and oxygen atoms in total. The quantitative estimate of drug-likeness (QED) is 0.576. The van der Waals surface area contributed by atoms with Crippen LogP contribution in [0.2, 0.25) is 0 Å². The van der Waals surface area contributed by atoms with E-state index >= 15 is 0 Å². The van der Waals surface area contributed by atoms with Crippen molar-refractivity contribution in [2.45, 2.75) is 12.1 Å². The average Bonchev–Trinajstić information content (AvgIpc) is 2.61. The minimum absolute atomic E-state index is 0.207. The first-order valence-corrected chi connectivity index (χ1v) is 5.02. The number of rotatable bonds is 2. The number of hydrogen-bond acceptors (Lipinski definition) is 4. The van der Waals surface area contributed by atoms with Crippen molar-refractivity contribution in [1.29, 1.82) is 0 Å². The number of ketones is 1. The number of fused-ring (bicyclic) bond motifs is 1. The highest BCUT2D eigenvalue weighted by Gasteiger charge is 2.53. The molecule has 0 amide bonds. The van der Waals surface area contributed by atoms with Gasteiger partial charge in [-0.15, -0.1) is 0 Å². The van der Waals surface area contributed by atoms with Gasteiger partial charge < -0.3 is 9.47 Å². The van der Waals surface area contributed by atoms with E-state index < -0.39 is 17.4 Å².